The second-order valence-electron chi connectivity index (χ2n) is 35.9. The van der Waals surface area contributed by atoms with Crippen molar-refractivity contribution in [2.24, 2.45) is 17.8 Å². The van der Waals surface area contributed by atoms with Crippen LogP contribution in [-0.4, -0.2) is 29.9 Å². The summed E-state index contributed by atoms with van der Waals surface area (Å²) in [5, 5.41) is 6.77. The van der Waals surface area contributed by atoms with Gasteiger partial charge in [-0.3, -0.25) is 0 Å². The molecule has 3 radical (unpaired) electrons. The number of hydrogen-bond acceptors (Lipinski definition) is 9. The van der Waals surface area contributed by atoms with Crippen LogP contribution in [0.5, 0.6) is 0 Å². The Balaban J connectivity index is 0.000000132. The van der Waals surface area contributed by atoms with Gasteiger partial charge in [0.2, 0.25) is 0 Å². The molecule has 9 nitrogen and oxygen atoms in total. The van der Waals surface area contributed by atoms with E-state index in [-0.39, 0.29) is 60.3 Å². The third-order valence-corrected chi connectivity index (χ3v) is 24.7. The maximum Gasteiger partial charge on any atom is 0.121 e. The fourth-order valence-electron chi connectivity index (χ4n) is 17.7. The first-order valence-corrected chi connectivity index (χ1v) is 46.8. The van der Waals surface area contributed by atoms with Crippen molar-refractivity contribution in [3.05, 3.63) is 467 Å². The first-order chi connectivity index (χ1) is 65.6. The van der Waals surface area contributed by atoms with Crippen LogP contribution in [0.4, 0.5) is 0 Å². The zero-order valence-corrected chi connectivity index (χ0v) is 86.1. The van der Waals surface area contributed by atoms with Crippen molar-refractivity contribution in [3.63, 3.8) is 0 Å². The van der Waals surface area contributed by atoms with E-state index in [9.17, 15) is 0 Å². The third-order valence-electron chi connectivity index (χ3n) is 24.7. The fraction of sp³-hybridized carbons (Fsp3) is 0.184. The fourth-order valence-corrected chi connectivity index (χ4v) is 17.7. The molecular formula is C125H110Ir3N6O3-6. The summed E-state index contributed by atoms with van der Waals surface area (Å²) in [7, 11) is 0. The third kappa shape index (κ3) is 25.8. The molecule has 1 aliphatic carbocycles. The molecule has 0 atom stereocenters. The standard InChI is InChI=1S/3C24H16NO.C19H22N.2C17H20N.3Ir/c1-2-8-17(9-3-1)16-18-10-6-14-22-23(18)20-12-7-11-19(24(20)26-22)21-13-4-5-15-25-21;1-2-7-17(8-3-1)15-18-12-13-19-20-9-6-10-21(22-11-4-5-14-25-22)24(20)26-23(19)16-18;1-2-7-17(8-3-1)15-18-12-13-23-21(16-18)19-9-6-10-20(24(19)26-23)22-11-4-5-14-25-22;1-15-14-20-19(17-10-6-3-7-11-17)13-18(15)12-16-8-4-2-5-9-16;1-12(2)9-16-10-17(18-11-14(16)4)15-7-5-13(3)6-8-15;1-12(2)9-16-11-18-17(10-14(16)4)15-7-5-13(3)6-8-15;;;/h1-10,12-15H,16H2;2*1-9,11-14,16H,15H2;3,6-7,10,13-14,16H,2,4-5,8-9,12H2,1H3;2*5-7,10-12H,9H2,1-4H3;;;/q6*-1;;;. The Hall–Kier alpha value is -13.1. The summed E-state index contributed by atoms with van der Waals surface area (Å²) >= 11 is 0. The van der Waals surface area contributed by atoms with Crippen LogP contribution in [0.25, 0.3) is 133 Å². The number of hydrogen-bond donors (Lipinski definition) is 0. The van der Waals surface area contributed by atoms with Gasteiger partial charge < -0.3 is 43.2 Å². The molecule has 0 N–H and O–H groups in total. The molecule has 691 valence electrons. The van der Waals surface area contributed by atoms with Gasteiger partial charge in [0.25, 0.3) is 0 Å². The first-order valence-electron chi connectivity index (χ1n) is 46.8. The minimum absolute atomic E-state index is 0. The largest absolute Gasteiger partial charge is 0.501 e. The van der Waals surface area contributed by atoms with Crippen LogP contribution in [0.15, 0.2) is 366 Å². The number of nitrogens with zero attached hydrogens (tertiary/aromatic N) is 6. The summed E-state index contributed by atoms with van der Waals surface area (Å²) < 4.78 is 18.7. The van der Waals surface area contributed by atoms with Crippen molar-refractivity contribution in [1.82, 2.24) is 29.9 Å². The summed E-state index contributed by atoms with van der Waals surface area (Å²) in [6.45, 7) is 19.6. The Labute approximate surface area is 847 Å². The van der Waals surface area contributed by atoms with E-state index in [0.29, 0.717) is 11.8 Å². The van der Waals surface area contributed by atoms with Gasteiger partial charge in [0.15, 0.2) is 0 Å². The predicted molar refractivity (Wildman–Crippen MR) is 552 cm³/mol. The van der Waals surface area contributed by atoms with Gasteiger partial charge in [-0.15, -0.1) is 161 Å². The van der Waals surface area contributed by atoms with Gasteiger partial charge in [-0.25, -0.2) is 0 Å². The zero-order chi connectivity index (χ0) is 92.1. The van der Waals surface area contributed by atoms with Crippen molar-refractivity contribution >= 4 is 65.8 Å². The van der Waals surface area contributed by atoms with Crippen LogP contribution in [-0.2, 0) is 98.8 Å². The monoisotopic (exact) mass is 2320 g/mol. The molecule has 9 heterocycles. The van der Waals surface area contributed by atoms with Crippen LogP contribution >= 0.6 is 0 Å². The van der Waals surface area contributed by atoms with Crippen molar-refractivity contribution < 1.29 is 73.6 Å². The van der Waals surface area contributed by atoms with Crippen LogP contribution in [0, 0.1) is 88.8 Å². The Morgan fingerprint density at radius 3 is 1.28 bits per heavy atom. The van der Waals surface area contributed by atoms with E-state index in [2.05, 4.69) is 317 Å². The van der Waals surface area contributed by atoms with Crippen molar-refractivity contribution in [1.29, 1.82) is 0 Å². The molecule has 1 fully saturated rings. The molecule has 0 amide bonds. The number of benzene rings is 12. The van der Waals surface area contributed by atoms with Crippen molar-refractivity contribution in [2.45, 2.75) is 133 Å². The molecule has 21 aromatic rings. The van der Waals surface area contributed by atoms with Gasteiger partial charge in [-0.1, -0.05) is 299 Å². The topological polar surface area (TPSA) is 117 Å². The normalized spacial score (nSPS) is 11.6. The van der Waals surface area contributed by atoms with Gasteiger partial charge in [-0.2, -0.15) is 0 Å². The number of aromatic nitrogens is 6. The SMILES string of the molecule is Cc1c[c-]c(-c2cc(C)c(CC(C)C)cn2)cc1.Cc1c[c-]c(-c2cc(CC(C)C)c(C)cn2)cc1.Cc1cnc(-c2[c-]cccc2)cc1CC1CCCCC1.[Ir].[Ir].[Ir].[c-]1ccc2c(oc3cc(Cc4ccccc4)ccc32)c1-c1ccccn1.[c-]1ccc2c(oc3ccc(Cc4ccccc4)cc32)c1-c1ccccn1.[c-]1ccc2c(oc3cccc(Cc4ccccc4)c32)c1-c1ccccn1. The van der Waals surface area contributed by atoms with Gasteiger partial charge in [-0.05, 0) is 204 Å². The number of fused-ring (bicyclic) bond motifs is 9. The molecular weight excluding hydrogens is 2210 g/mol. The Morgan fingerprint density at radius 2 is 0.759 bits per heavy atom. The summed E-state index contributed by atoms with van der Waals surface area (Å²) in [6, 6.07) is 127. The van der Waals surface area contributed by atoms with Crippen molar-refractivity contribution in [3.8, 4) is 67.5 Å². The molecule has 0 bridgehead atoms. The Bertz CT molecular complexity index is 7390. The summed E-state index contributed by atoms with van der Waals surface area (Å²) in [5.41, 5.74) is 35.2. The maximum atomic E-state index is 6.25. The van der Waals surface area contributed by atoms with E-state index in [1.54, 1.807) is 18.6 Å². The summed E-state index contributed by atoms with van der Waals surface area (Å²) in [4.78, 5) is 27.0. The Kier molecular flexibility index (Phi) is 35.4. The van der Waals surface area contributed by atoms with Gasteiger partial charge in [0.1, 0.15) is 16.7 Å². The molecule has 1 aliphatic rings. The Morgan fingerprint density at radius 1 is 0.299 bits per heavy atom. The van der Waals surface area contributed by atoms with Crippen molar-refractivity contribution in [2.75, 3.05) is 0 Å². The average Bonchev–Trinajstić information content (AvgIpc) is 1.72. The molecule has 137 heavy (non-hydrogen) atoms. The summed E-state index contributed by atoms with van der Waals surface area (Å²) in [5.74, 6) is 2.21. The molecule has 0 aliphatic heterocycles. The molecule has 0 spiro atoms. The number of furan rings is 3. The van der Waals surface area contributed by atoms with E-state index in [4.69, 9.17) is 13.3 Å². The first kappa shape index (κ1) is 99.8. The van der Waals surface area contributed by atoms with Gasteiger partial charge >= 0.3 is 0 Å². The molecule has 1 saturated carbocycles. The molecule has 22 rings (SSSR count). The van der Waals surface area contributed by atoms with E-state index >= 15 is 0 Å². The zero-order valence-electron chi connectivity index (χ0n) is 78.9. The number of pyridine rings is 6. The van der Waals surface area contributed by atoms with Crippen LogP contribution in [0.3, 0.4) is 0 Å². The number of rotatable bonds is 18. The molecule has 0 unspecified atom stereocenters. The average molecular weight is 2320 g/mol. The molecule has 9 aromatic heterocycles. The van der Waals surface area contributed by atoms with Crippen LogP contribution < -0.4 is 0 Å². The molecule has 0 saturated heterocycles. The van der Waals surface area contributed by atoms with E-state index < -0.39 is 0 Å². The van der Waals surface area contributed by atoms with Gasteiger partial charge in [0.05, 0.1) is 16.7 Å². The second-order valence-corrected chi connectivity index (χ2v) is 35.9. The minimum Gasteiger partial charge on any atom is -0.501 e. The molecule has 12 heteroatoms. The van der Waals surface area contributed by atoms with Crippen LogP contribution in [0.1, 0.15) is 138 Å². The smallest absolute Gasteiger partial charge is 0.121 e. The maximum absolute atomic E-state index is 6.25. The quantitative estimate of drug-likeness (QED) is 0.0774. The number of aryl methyl sites for hydroxylation is 5. The van der Waals surface area contributed by atoms with Gasteiger partial charge in [0, 0.05) is 114 Å². The summed E-state index contributed by atoms with van der Waals surface area (Å²) in [6.07, 6.45) is 24.5. The minimum atomic E-state index is 0. The second kappa shape index (κ2) is 48.6. The van der Waals surface area contributed by atoms with E-state index in [0.717, 1.165) is 166 Å². The van der Waals surface area contributed by atoms with Crippen LogP contribution in [0.2, 0.25) is 0 Å². The van der Waals surface area contributed by atoms with E-state index in [1.807, 2.05) is 146 Å². The molecule has 12 aromatic carbocycles. The van der Waals surface area contributed by atoms with E-state index in [1.165, 1.54) is 122 Å². The predicted octanol–water partition coefficient (Wildman–Crippen LogP) is 31.8.